The molecule has 0 radical (unpaired) electrons. The average molecular weight is 312 g/mol. The second-order valence-electron chi connectivity index (χ2n) is 8.48. The van der Waals surface area contributed by atoms with E-state index < -0.39 is 8.32 Å². The van der Waals surface area contributed by atoms with Crippen LogP contribution in [0.1, 0.15) is 59.3 Å². The van der Waals surface area contributed by atoms with E-state index in [1.54, 1.807) is 0 Å². The van der Waals surface area contributed by atoms with Gasteiger partial charge in [0.2, 0.25) is 0 Å². The molecule has 2 aliphatic heterocycles. The lowest BCUT2D eigenvalue weighted by molar-refractivity contribution is -0.125. The maximum absolute atomic E-state index is 12.5. The minimum Gasteiger partial charge on any atom is -0.416 e. The second-order valence-corrected chi connectivity index (χ2v) is 13.3. The van der Waals surface area contributed by atoms with Gasteiger partial charge in [0, 0.05) is 31.0 Å². The number of nitrogens with one attached hydrogen (secondary N) is 1. The summed E-state index contributed by atoms with van der Waals surface area (Å²) in [6.07, 6.45) is 6.54. The summed E-state index contributed by atoms with van der Waals surface area (Å²) in [4.78, 5) is 12.5. The molecule has 2 unspecified atom stereocenters. The van der Waals surface area contributed by atoms with Crippen LogP contribution in [0.25, 0.3) is 0 Å². The fourth-order valence-corrected chi connectivity index (χ4v) is 4.40. The Kier molecular flexibility index (Phi) is 5.32. The highest BCUT2D eigenvalue weighted by Crippen LogP contribution is 2.37. The minimum atomic E-state index is -1.71. The van der Waals surface area contributed by atoms with E-state index in [4.69, 9.17) is 4.43 Å². The van der Waals surface area contributed by atoms with Crippen LogP contribution in [0.3, 0.4) is 0 Å². The van der Waals surface area contributed by atoms with Gasteiger partial charge >= 0.3 is 0 Å². The van der Waals surface area contributed by atoms with Crippen molar-refractivity contribution in [2.45, 2.75) is 89.5 Å². The van der Waals surface area contributed by atoms with Crippen molar-refractivity contribution < 1.29 is 9.22 Å². The van der Waals surface area contributed by atoms with E-state index in [0.717, 1.165) is 12.8 Å². The summed E-state index contributed by atoms with van der Waals surface area (Å²) < 4.78 is 6.15. The van der Waals surface area contributed by atoms with E-state index in [-0.39, 0.29) is 11.0 Å². The lowest BCUT2D eigenvalue weighted by atomic mass is 9.78. The van der Waals surface area contributed by atoms with Crippen molar-refractivity contribution in [3.05, 3.63) is 0 Å². The number of fused-ring (bicyclic) bond motifs is 2. The predicted octanol–water partition coefficient (Wildman–Crippen LogP) is 3.89. The lowest BCUT2D eigenvalue weighted by Crippen LogP contribution is -2.50. The normalized spacial score (nSPS) is 30.2. The fourth-order valence-electron chi connectivity index (χ4n) is 3.36. The molecule has 21 heavy (non-hydrogen) atoms. The lowest BCUT2D eigenvalue weighted by Gasteiger charge is -2.40. The molecule has 122 valence electrons. The molecule has 0 aromatic carbocycles. The third kappa shape index (κ3) is 4.39. The fraction of sp³-hybridized carbons (Fsp3) is 0.941. The van der Waals surface area contributed by atoms with Crippen molar-refractivity contribution in [2.75, 3.05) is 6.61 Å². The van der Waals surface area contributed by atoms with Gasteiger partial charge in [0.25, 0.3) is 0 Å². The Balaban J connectivity index is 1.77. The Labute approximate surface area is 131 Å². The van der Waals surface area contributed by atoms with E-state index in [0.29, 0.717) is 30.9 Å². The van der Waals surface area contributed by atoms with Crippen molar-refractivity contribution in [3.8, 4) is 0 Å². The maximum Gasteiger partial charge on any atom is 0.191 e. The zero-order valence-corrected chi connectivity index (χ0v) is 15.5. The molecular formula is C17H33NO2Si. The number of Topliss-reactive ketones (excluding diaryl/α,β-unsaturated/α-hetero) is 1. The molecule has 2 bridgehead atoms. The van der Waals surface area contributed by atoms with Gasteiger partial charge in [0.1, 0.15) is 5.78 Å². The maximum atomic E-state index is 12.5. The number of piperidine rings is 2. The number of rotatable bonds is 5. The number of hydrogen-bond acceptors (Lipinski definition) is 3. The quantitative estimate of drug-likeness (QED) is 0.783. The smallest absolute Gasteiger partial charge is 0.191 e. The largest absolute Gasteiger partial charge is 0.416 e. The summed E-state index contributed by atoms with van der Waals surface area (Å²) in [5.74, 6) is 0.719. The molecule has 0 aromatic heterocycles. The van der Waals surface area contributed by atoms with Crippen LogP contribution in [0.4, 0.5) is 0 Å². The molecule has 0 amide bonds. The van der Waals surface area contributed by atoms with Gasteiger partial charge in [-0.05, 0) is 43.8 Å². The van der Waals surface area contributed by atoms with Crippen LogP contribution in [0.15, 0.2) is 0 Å². The molecule has 1 N–H and O–H groups in total. The molecule has 0 aromatic rings. The van der Waals surface area contributed by atoms with Gasteiger partial charge in [0.15, 0.2) is 8.32 Å². The molecular weight excluding hydrogens is 278 g/mol. The van der Waals surface area contributed by atoms with E-state index in [1.807, 2.05) is 0 Å². The first-order chi connectivity index (χ1) is 9.69. The van der Waals surface area contributed by atoms with Crippen LogP contribution in [-0.2, 0) is 9.22 Å². The van der Waals surface area contributed by atoms with Crippen LogP contribution in [0, 0.1) is 5.92 Å². The number of ketones is 1. The third-order valence-corrected chi connectivity index (χ3v) is 10.3. The van der Waals surface area contributed by atoms with Gasteiger partial charge in [-0.3, -0.25) is 4.79 Å². The first kappa shape index (κ1) is 17.2. The van der Waals surface area contributed by atoms with Crippen molar-refractivity contribution in [1.29, 1.82) is 0 Å². The van der Waals surface area contributed by atoms with Gasteiger partial charge in [0.05, 0.1) is 0 Å². The molecule has 2 fully saturated rings. The van der Waals surface area contributed by atoms with Crippen LogP contribution in [-0.4, -0.2) is 32.8 Å². The highest BCUT2D eigenvalue weighted by molar-refractivity contribution is 6.74. The molecule has 0 spiro atoms. The zero-order valence-electron chi connectivity index (χ0n) is 14.5. The molecule has 4 heteroatoms. The second kappa shape index (κ2) is 6.51. The minimum absolute atomic E-state index is 0.224. The topological polar surface area (TPSA) is 38.3 Å². The standard InChI is InChI=1S/C17H33NO2Si/c1-17(2,3)21(4,5)20-10-9-16(19)13-11-14-7-6-8-15(12-13)18-14/h13-15,18H,6-12H2,1-5H3. The molecule has 2 heterocycles. The summed E-state index contributed by atoms with van der Waals surface area (Å²) in [6, 6.07) is 1.18. The van der Waals surface area contributed by atoms with Gasteiger partial charge in [-0.2, -0.15) is 0 Å². The Hall–Kier alpha value is -0.193. The highest BCUT2D eigenvalue weighted by Gasteiger charge is 2.38. The molecule has 2 aliphatic rings. The first-order valence-electron chi connectivity index (χ1n) is 8.62. The van der Waals surface area contributed by atoms with Gasteiger partial charge in [-0.1, -0.05) is 27.2 Å². The Morgan fingerprint density at radius 2 is 1.76 bits per heavy atom. The summed E-state index contributed by atoms with van der Waals surface area (Å²) in [5, 5.41) is 3.89. The van der Waals surface area contributed by atoms with E-state index in [9.17, 15) is 4.79 Å². The number of hydrogen-bond donors (Lipinski definition) is 1. The summed E-state index contributed by atoms with van der Waals surface area (Å²) >= 11 is 0. The Morgan fingerprint density at radius 3 is 2.29 bits per heavy atom. The molecule has 2 atom stereocenters. The number of carbonyl (C=O) groups excluding carboxylic acids is 1. The summed E-state index contributed by atoms with van der Waals surface area (Å²) in [5.41, 5.74) is 0. The third-order valence-electron chi connectivity index (χ3n) is 5.79. The van der Waals surface area contributed by atoms with E-state index in [1.165, 1.54) is 19.3 Å². The highest BCUT2D eigenvalue weighted by atomic mass is 28.4. The van der Waals surface area contributed by atoms with Crippen LogP contribution in [0.2, 0.25) is 18.1 Å². The van der Waals surface area contributed by atoms with Gasteiger partial charge in [-0.25, -0.2) is 0 Å². The van der Waals surface area contributed by atoms with Crippen molar-refractivity contribution >= 4 is 14.1 Å². The van der Waals surface area contributed by atoms with Crippen molar-refractivity contribution in [1.82, 2.24) is 5.32 Å². The molecule has 0 aliphatic carbocycles. The first-order valence-corrected chi connectivity index (χ1v) is 11.5. The molecule has 2 saturated heterocycles. The predicted molar refractivity (Wildman–Crippen MR) is 90.1 cm³/mol. The number of carbonyl (C=O) groups is 1. The zero-order chi connectivity index (χ0) is 15.7. The van der Waals surface area contributed by atoms with Gasteiger partial charge < -0.3 is 9.74 Å². The van der Waals surface area contributed by atoms with Gasteiger partial charge in [-0.15, -0.1) is 0 Å². The van der Waals surface area contributed by atoms with Crippen molar-refractivity contribution in [2.24, 2.45) is 5.92 Å². The molecule has 0 saturated carbocycles. The van der Waals surface area contributed by atoms with Crippen molar-refractivity contribution in [3.63, 3.8) is 0 Å². The Morgan fingerprint density at radius 1 is 1.19 bits per heavy atom. The summed E-state index contributed by atoms with van der Waals surface area (Å²) in [6.45, 7) is 11.9. The monoisotopic (exact) mass is 311 g/mol. The SMILES string of the molecule is CC(C)(C)[Si](C)(C)OCCC(=O)C1CC2CCCC(C1)N2. The Bertz CT molecular complexity index is 363. The molecule has 3 nitrogen and oxygen atoms in total. The van der Waals surface area contributed by atoms with Crippen LogP contribution in [0.5, 0.6) is 0 Å². The average Bonchev–Trinajstić information content (AvgIpc) is 2.36. The van der Waals surface area contributed by atoms with Crippen LogP contribution < -0.4 is 5.32 Å². The molecule has 2 rings (SSSR count). The summed E-state index contributed by atoms with van der Waals surface area (Å²) in [7, 11) is -1.71. The van der Waals surface area contributed by atoms with Crippen LogP contribution >= 0.6 is 0 Å². The van der Waals surface area contributed by atoms with E-state index in [2.05, 4.69) is 39.2 Å². The van der Waals surface area contributed by atoms with E-state index >= 15 is 0 Å².